The number of nitrogens with one attached hydrogen (secondary N) is 1. The molecule has 5 heteroatoms. The molecule has 0 bridgehead atoms. The van der Waals surface area contributed by atoms with Crippen molar-refractivity contribution in [1.82, 2.24) is 10.2 Å². The molecule has 2 fully saturated rings. The van der Waals surface area contributed by atoms with Crippen LogP contribution in [0.5, 0.6) is 0 Å². The number of amides is 1. The van der Waals surface area contributed by atoms with Crippen molar-refractivity contribution in [2.75, 3.05) is 20.1 Å². The summed E-state index contributed by atoms with van der Waals surface area (Å²) in [5, 5.41) is 3.27. The average molecular weight is 313 g/mol. The number of hydrogen-bond donors (Lipinski definition) is 1. The molecule has 1 aliphatic carbocycles. The number of hydrogen-bond acceptors (Lipinski definition) is 2. The minimum absolute atomic E-state index is 0. The van der Waals surface area contributed by atoms with Gasteiger partial charge in [-0.25, -0.2) is 4.39 Å². The second-order valence-electron chi connectivity index (χ2n) is 5.89. The Morgan fingerprint density at radius 1 is 1.24 bits per heavy atom. The molecular formula is C16H22ClFN2O. The molecular weight excluding hydrogens is 291 g/mol. The van der Waals surface area contributed by atoms with E-state index in [2.05, 4.69) is 5.32 Å². The number of carbonyl (C=O) groups excluding carboxylic acids is 1. The average Bonchev–Trinajstić information content (AvgIpc) is 3.28. The van der Waals surface area contributed by atoms with Crippen LogP contribution in [0.25, 0.3) is 0 Å². The van der Waals surface area contributed by atoms with Crippen LogP contribution >= 0.6 is 12.4 Å². The first-order chi connectivity index (χ1) is 9.69. The van der Waals surface area contributed by atoms with E-state index in [9.17, 15) is 9.18 Å². The van der Waals surface area contributed by atoms with E-state index >= 15 is 0 Å². The Bertz CT molecular complexity index is 486. The van der Waals surface area contributed by atoms with Gasteiger partial charge < -0.3 is 10.2 Å². The Morgan fingerprint density at radius 2 is 1.86 bits per heavy atom. The first kappa shape index (κ1) is 16.2. The van der Waals surface area contributed by atoms with E-state index in [1.807, 2.05) is 11.9 Å². The zero-order chi connectivity index (χ0) is 14.1. The minimum atomic E-state index is -0.216. The summed E-state index contributed by atoms with van der Waals surface area (Å²) < 4.78 is 12.9. The van der Waals surface area contributed by atoms with E-state index < -0.39 is 0 Å². The van der Waals surface area contributed by atoms with Crippen molar-refractivity contribution in [3.05, 3.63) is 35.6 Å². The summed E-state index contributed by atoms with van der Waals surface area (Å²) in [6.07, 6.45) is 2.99. The van der Waals surface area contributed by atoms with Gasteiger partial charge in [0.25, 0.3) is 0 Å². The van der Waals surface area contributed by atoms with Crippen LogP contribution in [-0.2, 0) is 4.79 Å². The van der Waals surface area contributed by atoms with Crippen molar-refractivity contribution in [2.24, 2.45) is 5.92 Å². The molecule has 3 nitrogen and oxygen atoms in total. The lowest BCUT2D eigenvalue weighted by Gasteiger charge is -2.32. The number of nitrogens with zero attached hydrogens (tertiary/aromatic N) is 1. The predicted molar refractivity (Wildman–Crippen MR) is 83.2 cm³/mol. The fourth-order valence-electron chi connectivity index (χ4n) is 3.17. The van der Waals surface area contributed by atoms with E-state index in [0.717, 1.165) is 37.9 Å². The van der Waals surface area contributed by atoms with Gasteiger partial charge in [0, 0.05) is 25.0 Å². The molecule has 2 unspecified atom stereocenters. The molecule has 21 heavy (non-hydrogen) atoms. The molecule has 1 aromatic carbocycles. The molecule has 1 saturated heterocycles. The van der Waals surface area contributed by atoms with Crippen LogP contribution in [0.2, 0.25) is 0 Å². The number of carbonyl (C=O) groups is 1. The van der Waals surface area contributed by atoms with Crippen molar-refractivity contribution in [3.8, 4) is 0 Å². The molecule has 1 aliphatic heterocycles. The fourth-order valence-corrected chi connectivity index (χ4v) is 3.17. The molecule has 2 aliphatic rings. The van der Waals surface area contributed by atoms with E-state index in [-0.39, 0.29) is 30.0 Å². The van der Waals surface area contributed by atoms with Gasteiger partial charge in [0.2, 0.25) is 5.91 Å². The number of likely N-dealkylation sites (tertiary alicyclic amines) is 1. The van der Waals surface area contributed by atoms with Crippen LogP contribution in [0.15, 0.2) is 24.3 Å². The quantitative estimate of drug-likeness (QED) is 0.930. The van der Waals surface area contributed by atoms with Gasteiger partial charge >= 0.3 is 0 Å². The lowest BCUT2D eigenvalue weighted by Crippen LogP contribution is -2.44. The third-order valence-corrected chi connectivity index (χ3v) is 4.62. The Morgan fingerprint density at radius 3 is 2.43 bits per heavy atom. The Kier molecular flexibility index (Phi) is 5.22. The highest BCUT2D eigenvalue weighted by Crippen LogP contribution is 2.48. The van der Waals surface area contributed by atoms with Gasteiger partial charge in [0.15, 0.2) is 0 Å². The lowest BCUT2D eigenvalue weighted by molar-refractivity contribution is -0.133. The third-order valence-electron chi connectivity index (χ3n) is 4.62. The Hall–Kier alpha value is -1.13. The molecule has 1 N–H and O–H groups in total. The molecule has 1 amide bonds. The van der Waals surface area contributed by atoms with Crippen LogP contribution in [0.3, 0.4) is 0 Å². The van der Waals surface area contributed by atoms with Crippen molar-refractivity contribution in [3.63, 3.8) is 0 Å². The second-order valence-corrected chi connectivity index (χ2v) is 5.89. The summed E-state index contributed by atoms with van der Waals surface area (Å²) in [6.45, 7) is 1.72. The molecule has 1 aromatic rings. The molecule has 0 radical (unpaired) electrons. The third kappa shape index (κ3) is 3.55. The number of piperidine rings is 1. The Labute approximate surface area is 131 Å². The fraction of sp³-hybridized carbons (Fsp3) is 0.562. The van der Waals surface area contributed by atoms with Crippen LogP contribution in [0, 0.1) is 11.7 Å². The van der Waals surface area contributed by atoms with Crippen LogP contribution in [0.1, 0.15) is 30.7 Å². The monoisotopic (exact) mass is 312 g/mol. The maximum absolute atomic E-state index is 12.9. The van der Waals surface area contributed by atoms with Crippen molar-refractivity contribution in [1.29, 1.82) is 0 Å². The second kappa shape index (κ2) is 6.75. The largest absolute Gasteiger partial charge is 0.342 e. The highest BCUT2D eigenvalue weighted by molar-refractivity contribution is 5.85. The maximum Gasteiger partial charge on any atom is 0.226 e. The smallest absolute Gasteiger partial charge is 0.226 e. The Balaban J connectivity index is 0.00000161. The number of rotatable bonds is 3. The summed E-state index contributed by atoms with van der Waals surface area (Å²) >= 11 is 0. The highest BCUT2D eigenvalue weighted by atomic mass is 35.5. The van der Waals surface area contributed by atoms with Gasteiger partial charge in [-0.3, -0.25) is 4.79 Å². The number of halogens is 2. The van der Waals surface area contributed by atoms with Crippen molar-refractivity contribution < 1.29 is 9.18 Å². The normalized spacial score (nSPS) is 25.3. The zero-order valence-corrected chi connectivity index (χ0v) is 13.0. The van der Waals surface area contributed by atoms with Gasteiger partial charge in [-0.05, 0) is 49.9 Å². The van der Waals surface area contributed by atoms with Crippen LogP contribution in [0.4, 0.5) is 4.39 Å². The molecule has 2 atom stereocenters. The lowest BCUT2D eigenvalue weighted by atomic mass is 10.0. The minimum Gasteiger partial charge on any atom is -0.342 e. The van der Waals surface area contributed by atoms with Crippen LogP contribution in [-0.4, -0.2) is 37.0 Å². The topological polar surface area (TPSA) is 32.3 Å². The predicted octanol–water partition coefficient (Wildman–Crippen LogP) is 2.56. The van der Waals surface area contributed by atoms with Gasteiger partial charge in [-0.1, -0.05) is 12.1 Å². The van der Waals surface area contributed by atoms with Gasteiger partial charge in [0.05, 0.1) is 0 Å². The summed E-state index contributed by atoms with van der Waals surface area (Å²) in [5.74, 6) is 0.483. The van der Waals surface area contributed by atoms with E-state index in [1.165, 1.54) is 12.1 Å². The molecule has 1 heterocycles. The molecule has 1 saturated carbocycles. The number of benzene rings is 1. The molecule has 3 rings (SSSR count). The highest BCUT2D eigenvalue weighted by Gasteiger charge is 2.46. The van der Waals surface area contributed by atoms with Crippen LogP contribution < -0.4 is 5.32 Å². The summed E-state index contributed by atoms with van der Waals surface area (Å²) in [6, 6.07) is 7.12. The summed E-state index contributed by atoms with van der Waals surface area (Å²) in [4.78, 5) is 14.4. The molecule has 0 aromatic heterocycles. The first-order valence-corrected chi connectivity index (χ1v) is 7.40. The maximum atomic E-state index is 12.9. The summed E-state index contributed by atoms with van der Waals surface area (Å²) in [7, 11) is 1.98. The van der Waals surface area contributed by atoms with Crippen molar-refractivity contribution >= 4 is 18.3 Å². The van der Waals surface area contributed by atoms with E-state index in [0.29, 0.717) is 12.0 Å². The zero-order valence-electron chi connectivity index (χ0n) is 12.2. The van der Waals surface area contributed by atoms with Crippen molar-refractivity contribution in [2.45, 2.75) is 31.2 Å². The standard InChI is InChI=1S/C16H21FN2O.ClH/c1-18-13-6-8-19(9-7-13)16(20)15-10-14(15)11-2-4-12(17)5-3-11;/h2-5,13-15,18H,6-10H2,1H3;1H. The molecule has 116 valence electrons. The summed E-state index contributed by atoms with van der Waals surface area (Å²) in [5.41, 5.74) is 1.09. The SMILES string of the molecule is CNC1CCN(C(=O)C2CC2c2ccc(F)cc2)CC1.Cl. The first-order valence-electron chi connectivity index (χ1n) is 7.40. The van der Waals surface area contributed by atoms with Gasteiger partial charge in [-0.15, -0.1) is 12.4 Å². The molecule has 0 spiro atoms. The van der Waals surface area contributed by atoms with E-state index in [1.54, 1.807) is 12.1 Å². The van der Waals surface area contributed by atoms with Gasteiger partial charge in [0.1, 0.15) is 5.82 Å². The van der Waals surface area contributed by atoms with E-state index in [4.69, 9.17) is 0 Å². The van der Waals surface area contributed by atoms with Gasteiger partial charge in [-0.2, -0.15) is 0 Å².